The van der Waals surface area contributed by atoms with E-state index in [1.54, 1.807) is 19.1 Å². The number of sulfone groups is 1. The van der Waals surface area contributed by atoms with Gasteiger partial charge in [-0.15, -0.1) is 0 Å². The number of hydrogen-bond acceptors (Lipinski definition) is 6. The van der Waals surface area contributed by atoms with E-state index in [-0.39, 0.29) is 24.3 Å². The van der Waals surface area contributed by atoms with Gasteiger partial charge in [-0.25, -0.2) is 8.42 Å². The maximum Gasteiger partial charge on any atom is 0.327 e. The number of hydrogen-bond donors (Lipinski definition) is 0. The first-order valence-electron chi connectivity index (χ1n) is 9.85. The molecule has 162 valence electrons. The van der Waals surface area contributed by atoms with Crippen LogP contribution in [0.25, 0.3) is 0 Å². The van der Waals surface area contributed by atoms with Gasteiger partial charge in [0, 0.05) is 24.7 Å². The van der Waals surface area contributed by atoms with Crippen LogP contribution in [0.1, 0.15) is 25.3 Å². The lowest BCUT2D eigenvalue weighted by Crippen LogP contribution is -2.54. The Bertz CT molecular complexity index is 966. The lowest BCUT2D eigenvalue weighted by Gasteiger charge is -2.39. The molecular weight excluding hydrogens is 426 g/mol. The van der Waals surface area contributed by atoms with Gasteiger partial charge in [0.2, 0.25) is 0 Å². The molecule has 0 aliphatic carbocycles. The number of piperidine rings is 1. The van der Waals surface area contributed by atoms with Crippen LogP contribution in [0.4, 0.5) is 0 Å². The second-order valence-corrected chi connectivity index (χ2v) is 9.99. The van der Waals surface area contributed by atoms with Crippen LogP contribution in [0, 0.1) is 0 Å². The van der Waals surface area contributed by atoms with Crippen LogP contribution in [0.5, 0.6) is 5.75 Å². The molecule has 2 aromatic rings. The molecule has 0 saturated carbocycles. The number of halogens is 1. The van der Waals surface area contributed by atoms with E-state index >= 15 is 0 Å². The zero-order chi connectivity index (χ0) is 21.8. The van der Waals surface area contributed by atoms with Gasteiger partial charge in [-0.05, 0) is 61.7 Å². The highest BCUT2D eigenvalue weighted by atomic mass is 35.5. The number of benzene rings is 2. The highest BCUT2D eigenvalue weighted by molar-refractivity contribution is 7.93. The number of ether oxygens (including phenoxy) is 2. The molecular formula is C22H26ClNO5S. The largest absolute Gasteiger partial charge is 0.497 e. The van der Waals surface area contributed by atoms with Gasteiger partial charge in [0.25, 0.3) is 0 Å². The van der Waals surface area contributed by atoms with Crippen molar-refractivity contribution < 1.29 is 22.7 Å². The van der Waals surface area contributed by atoms with Gasteiger partial charge in [-0.2, -0.15) is 0 Å². The summed E-state index contributed by atoms with van der Waals surface area (Å²) in [7, 11) is -2.43. The molecule has 6 nitrogen and oxygen atoms in total. The summed E-state index contributed by atoms with van der Waals surface area (Å²) < 4.78 is 35.9. The molecule has 30 heavy (non-hydrogen) atoms. The minimum atomic E-state index is -3.95. The van der Waals surface area contributed by atoms with E-state index in [0.29, 0.717) is 30.4 Å². The van der Waals surface area contributed by atoms with Gasteiger partial charge in [0.15, 0.2) is 14.6 Å². The van der Waals surface area contributed by atoms with Crippen molar-refractivity contribution in [3.8, 4) is 5.75 Å². The molecule has 0 N–H and O–H groups in total. The van der Waals surface area contributed by atoms with Crippen molar-refractivity contribution in [2.75, 3.05) is 26.8 Å². The summed E-state index contributed by atoms with van der Waals surface area (Å²) in [5.41, 5.74) is 1.08. The van der Waals surface area contributed by atoms with Gasteiger partial charge in [0.05, 0.1) is 18.6 Å². The number of nitrogens with zero attached hydrogens (tertiary/aromatic N) is 1. The maximum absolute atomic E-state index is 13.6. The van der Waals surface area contributed by atoms with Crippen molar-refractivity contribution in [3.63, 3.8) is 0 Å². The minimum absolute atomic E-state index is 0.0995. The highest BCUT2D eigenvalue weighted by Crippen LogP contribution is 2.37. The Morgan fingerprint density at radius 2 is 1.67 bits per heavy atom. The van der Waals surface area contributed by atoms with E-state index in [4.69, 9.17) is 21.1 Å². The van der Waals surface area contributed by atoms with Crippen LogP contribution in [-0.4, -0.2) is 50.8 Å². The molecule has 1 heterocycles. The molecule has 8 heteroatoms. The first kappa shape index (κ1) is 22.6. The van der Waals surface area contributed by atoms with Crippen LogP contribution >= 0.6 is 11.6 Å². The molecule has 0 unspecified atom stereocenters. The number of methoxy groups -OCH3 is 1. The Kier molecular flexibility index (Phi) is 7.06. The molecule has 0 spiro atoms. The van der Waals surface area contributed by atoms with E-state index < -0.39 is 20.6 Å². The summed E-state index contributed by atoms with van der Waals surface area (Å²) in [5.74, 6) is -0.121. The van der Waals surface area contributed by atoms with Crippen LogP contribution in [0.2, 0.25) is 5.02 Å². The second-order valence-electron chi connectivity index (χ2n) is 7.30. The highest BCUT2D eigenvalue weighted by Gasteiger charge is 2.54. The van der Waals surface area contributed by atoms with Gasteiger partial charge in [0.1, 0.15) is 5.75 Å². The molecule has 1 aliphatic rings. The Morgan fingerprint density at radius 3 is 2.20 bits per heavy atom. The van der Waals surface area contributed by atoms with Crippen LogP contribution < -0.4 is 4.74 Å². The Balaban J connectivity index is 1.84. The Morgan fingerprint density at radius 1 is 1.07 bits per heavy atom. The first-order valence-corrected chi connectivity index (χ1v) is 11.7. The molecule has 0 radical (unpaired) electrons. The Labute approximate surface area is 182 Å². The second kappa shape index (κ2) is 9.37. The van der Waals surface area contributed by atoms with Crippen LogP contribution in [-0.2, 0) is 25.9 Å². The summed E-state index contributed by atoms with van der Waals surface area (Å²) in [6, 6.07) is 13.7. The SMILES string of the molecule is CCOC(=O)C1(S(=O)(=O)c2ccc(OC)cc2)CCN(Cc2ccc(Cl)cc2)CC1. The fraction of sp³-hybridized carbons (Fsp3) is 0.409. The minimum Gasteiger partial charge on any atom is -0.497 e. The van der Waals surface area contributed by atoms with E-state index in [9.17, 15) is 13.2 Å². The summed E-state index contributed by atoms with van der Waals surface area (Å²) >= 11 is 5.94. The van der Waals surface area contributed by atoms with Crippen molar-refractivity contribution in [1.29, 1.82) is 0 Å². The molecule has 0 atom stereocenters. The van der Waals surface area contributed by atoms with Crippen molar-refractivity contribution >= 4 is 27.4 Å². The molecule has 1 aliphatic heterocycles. The molecule has 0 aromatic heterocycles. The normalized spacial score (nSPS) is 16.8. The number of esters is 1. The average Bonchev–Trinajstić information content (AvgIpc) is 2.76. The molecule has 3 rings (SSSR count). The van der Waals surface area contributed by atoms with E-state index in [2.05, 4.69) is 4.90 Å². The van der Waals surface area contributed by atoms with E-state index in [1.165, 1.54) is 19.2 Å². The molecule has 1 fully saturated rings. The average molecular weight is 452 g/mol. The van der Waals surface area contributed by atoms with Crippen molar-refractivity contribution in [3.05, 3.63) is 59.1 Å². The summed E-state index contributed by atoms with van der Waals surface area (Å²) in [6.45, 7) is 3.42. The zero-order valence-electron chi connectivity index (χ0n) is 17.1. The molecule has 2 aromatic carbocycles. The number of carbonyl (C=O) groups excluding carboxylic acids is 1. The third-order valence-corrected chi connectivity index (χ3v) is 8.26. The maximum atomic E-state index is 13.6. The lowest BCUT2D eigenvalue weighted by molar-refractivity contribution is -0.147. The van der Waals surface area contributed by atoms with Crippen molar-refractivity contribution in [2.45, 2.75) is 36.0 Å². The molecule has 0 amide bonds. The van der Waals surface area contributed by atoms with E-state index in [1.807, 2.05) is 24.3 Å². The predicted molar refractivity (Wildman–Crippen MR) is 116 cm³/mol. The van der Waals surface area contributed by atoms with Gasteiger partial charge < -0.3 is 9.47 Å². The fourth-order valence-electron chi connectivity index (χ4n) is 3.75. The quantitative estimate of drug-likeness (QED) is 0.597. The number of rotatable bonds is 7. The summed E-state index contributed by atoms with van der Waals surface area (Å²) in [5, 5.41) is 0.671. The van der Waals surface area contributed by atoms with Crippen molar-refractivity contribution in [1.82, 2.24) is 4.90 Å². The standard InChI is InChI=1S/C22H26ClNO5S/c1-3-29-21(25)22(30(26,27)20-10-8-19(28-2)9-11-20)12-14-24(15-13-22)16-17-4-6-18(23)7-5-17/h4-11H,3,12-16H2,1-2H3. The van der Waals surface area contributed by atoms with Gasteiger partial charge in [-0.1, -0.05) is 23.7 Å². The van der Waals surface area contributed by atoms with Crippen LogP contribution in [0.3, 0.4) is 0 Å². The van der Waals surface area contributed by atoms with Gasteiger partial charge >= 0.3 is 5.97 Å². The molecule has 1 saturated heterocycles. The third-order valence-electron chi connectivity index (χ3n) is 5.51. The monoisotopic (exact) mass is 451 g/mol. The predicted octanol–water partition coefficient (Wildman–Crippen LogP) is 3.72. The fourth-order valence-corrected chi connectivity index (χ4v) is 5.82. The lowest BCUT2D eigenvalue weighted by atomic mass is 9.95. The van der Waals surface area contributed by atoms with Crippen LogP contribution in [0.15, 0.2) is 53.4 Å². The molecule has 0 bridgehead atoms. The topological polar surface area (TPSA) is 72.9 Å². The number of carbonyl (C=O) groups is 1. The third kappa shape index (κ3) is 4.48. The Hall–Kier alpha value is -2.09. The zero-order valence-corrected chi connectivity index (χ0v) is 18.7. The van der Waals surface area contributed by atoms with Gasteiger partial charge in [-0.3, -0.25) is 9.69 Å². The number of likely N-dealkylation sites (tertiary alicyclic amines) is 1. The first-order chi connectivity index (χ1) is 14.3. The summed E-state index contributed by atoms with van der Waals surface area (Å²) in [4.78, 5) is 15.1. The van der Waals surface area contributed by atoms with E-state index in [0.717, 1.165) is 5.56 Å². The smallest absolute Gasteiger partial charge is 0.327 e. The van der Waals surface area contributed by atoms with Crippen molar-refractivity contribution in [2.24, 2.45) is 0 Å². The summed E-state index contributed by atoms with van der Waals surface area (Å²) in [6.07, 6.45) is 0.349.